The van der Waals surface area contributed by atoms with E-state index in [1.807, 2.05) is 0 Å². The fourth-order valence-electron chi connectivity index (χ4n) is 2.16. The minimum absolute atomic E-state index is 0.322. The highest BCUT2D eigenvalue weighted by molar-refractivity contribution is 5.67. The van der Waals surface area contributed by atoms with Crippen LogP contribution in [0.4, 0.5) is 4.79 Å². The number of carbonyl (C=O) groups is 1. The van der Waals surface area contributed by atoms with Crippen LogP contribution in [0.2, 0.25) is 0 Å². The maximum Gasteiger partial charge on any atom is 0.407 e. The van der Waals surface area contributed by atoms with E-state index >= 15 is 0 Å². The third-order valence-corrected chi connectivity index (χ3v) is 3.46. The predicted molar refractivity (Wildman–Crippen MR) is 83.0 cm³/mol. The monoisotopic (exact) mass is 287 g/mol. The summed E-state index contributed by atoms with van der Waals surface area (Å²) in [6.45, 7) is 6.00. The van der Waals surface area contributed by atoms with E-state index in [0.717, 1.165) is 6.42 Å². The first-order valence-electron chi connectivity index (χ1n) is 8.14. The molecule has 0 bridgehead atoms. The smallest absolute Gasteiger partial charge is 0.407 e. The van der Waals surface area contributed by atoms with Crippen LogP contribution in [-0.2, 0) is 9.47 Å². The van der Waals surface area contributed by atoms with Gasteiger partial charge in [0.2, 0.25) is 0 Å². The number of nitrogens with one attached hydrogen (secondary N) is 1. The predicted octanol–water partition coefficient (Wildman–Crippen LogP) is 4.14. The summed E-state index contributed by atoms with van der Waals surface area (Å²) in [6.07, 6.45) is 9.53. The Morgan fingerprint density at radius 2 is 1.75 bits per heavy atom. The summed E-state index contributed by atoms with van der Waals surface area (Å²) in [7, 11) is 1.62. The fraction of sp³-hybridized carbons (Fsp3) is 0.938. The number of unbranched alkanes of at least 4 members (excludes halogenated alkanes) is 4. The molecule has 20 heavy (non-hydrogen) atoms. The van der Waals surface area contributed by atoms with Gasteiger partial charge in [0, 0.05) is 13.7 Å². The molecule has 1 amide bonds. The van der Waals surface area contributed by atoms with E-state index in [2.05, 4.69) is 19.2 Å². The van der Waals surface area contributed by atoms with Gasteiger partial charge in [0.25, 0.3) is 0 Å². The van der Waals surface area contributed by atoms with Crippen LogP contribution < -0.4 is 5.32 Å². The van der Waals surface area contributed by atoms with Crippen LogP contribution in [0.5, 0.6) is 0 Å². The highest BCUT2D eigenvalue weighted by Gasteiger charge is 2.11. The summed E-state index contributed by atoms with van der Waals surface area (Å²) in [5.74, 6) is 0.514. The van der Waals surface area contributed by atoms with Crippen LogP contribution >= 0.6 is 0 Å². The van der Waals surface area contributed by atoms with Crippen LogP contribution in [0.15, 0.2) is 0 Å². The molecular formula is C16H33NO3. The average Bonchev–Trinajstić information content (AvgIpc) is 2.45. The molecule has 0 spiro atoms. The molecule has 120 valence electrons. The Balaban J connectivity index is 3.80. The Morgan fingerprint density at radius 3 is 2.40 bits per heavy atom. The molecule has 0 rings (SSSR count). The van der Waals surface area contributed by atoms with E-state index in [1.54, 1.807) is 7.11 Å². The second-order valence-corrected chi connectivity index (χ2v) is 5.38. The van der Waals surface area contributed by atoms with E-state index in [-0.39, 0.29) is 6.09 Å². The maximum atomic E-state index is 11.5. The van der Waals surface area contributed by atoms with Gasteiger partial charge in [-0.25, -0.2) is 4.79 Å². The zero-order chi connectivity index (χ0) is 15.1. The first-order chi connectivity index (χ1) is 9.74. The molecule has 0 aliphatic rings. The van der Waals surface area contributed by atoms with Gasteiger partial charge in [0.1, 0.15) is 0 Å². The van der Waals surface area contributed by atoms with Gasteiger partial charge in [-0.1, -0.05) is 52.4 Å². The van der Waals surface area contributed by atoms with Crippen molar-refractivity contribution in [2.45, 2.75) is 65.2 Å². The van der Waals surface area contributed by atoms with Gasteiger partial charge in [-0.15, -0.1) is 0 Å². The van der Waals surface area contributed by atoms with Gasteiger partial charge in [-0.05, 0) is 18.8 Å². The van der Waals surface area contributed by atoms with Crippen molar-refractivity contribution in [2.75, 3.05) is 26.9 Å². The number of rotatable bonds is 13. The van der Waals surface area contributed by atoms with Crippen molar-refractivity contribution in [1.82, 2.24) is 5.32 Å². The first kappa shape index (κ1) is 19.2. The van der Waals surface area contributed by atoms with Gasteiger partial charge >= 0.3 is 6.09 Å². The molecule has 0 aromatic carbocycles. The topological polar surface area (TPSA) is 47.6 Å². The molecule has 1 N–H and O–H groups in total. The molecule has 1 atom stereocenters. The molecule has 0 saturated carbocycles. The Hall–Kier alpha value is -0.770. The van der Waals surface area contributed by atoms with Crippen LogP contribution in [0.1, 0.15) is 65.2 Å². The Bertz CT molecular complexity index is 222. The lowest BCUT2D eigenvalue weighted by Gasteiger charge is -2.17. The third kappa shape index (κ3) is 12.3. The summed E-state index contributed by atoms with van der Waals surface area (Å²) >= 11 is 0. The van der Waals surface area contributed by atoms with Gasteiger partial charge < -0.3 is 14.8 Å². The molecule has 4 heteroatoms. The zero-order valence-corrected chi connectivity index (χ0v) is 13.6. The summed E-state index contributed by atoms with van der Waals surface area (Å²) in [5, 5.41) is 2.69. The number of carbonyl (C=O) groups excluding carboxylic acids is 1. The largest absolute Gasteiger partial charge is 0.449 e. The minimum atomic E-state index is -0.322. The molecule has 0 heterocycles. The fourth-order valence-corrected chi connectivity index (χ4v) is 2.16. The van der Waals surface area contributed by atoms with Crippen molar-refractivity contribution in [1.29, 1.82) is 0 Å². The molecular weight excluding hydrogens is 254 g/mol. The molecule has 0 radical (unpaired) electrons. The van der Waals surface area contributed by atoms with Gasteiger partial charge in [-0.3, -0.25) is 0 Å². The van der Waals surface area contributed by atoms with Crippen molar-refractivity contribution in [3.8, 4) is 0 Å². The lowest BCUT2D eigenvalue weighted by Crippen LogP contribution is -2.29. The molecule has 1 unspecified atom stereocenters. The summed E-state index contributed by atoms with van der Waals surface area (Å²) in [5.41, 5.74) is 0. The number of alkyl carbamates (subject to hydrolysis) is 1. The Morgan fingerprint density at radius 1 is 1.05 bits per heavy atom. The van der Waals surface area contributed by atoms with E-state index < -0.39 is 0 Å². The first-order valence-corrected chi connectivity index (χ1v) is 8.14. The molecule has 0 fully saturated rings. The highest BCUT2D eigenvalue weighted by Crippen LogP contribution is 2.17. The van der Waals surface area contributed by atoms with Crippen LogP contribution in [0, 0.1) is 5.92 Å². The number of hydrogen-bond donors (Lipinski definition) is 1. The molecule has 0 saturated heterocycles. The SMILES string of the molecule is CCCCCCC(CCCC)COC(=O)NCCOC. The van der Waals surface area contributed by atoms with Gasteiger partial charge in [0.05, 0.1) is 13.2 Å². The van der Waals surface area contributed by atoms with E-state index in [4.69, 9.17) is 9.47 Å². The molecule has 0 aliphatic heterocycles. The molecule has 0 aromatic heterocycles. The Labute approximate surface area is 124 Å². The van der Waals surface area contributed by atoms with E-state index in [9.17, 15) is 4.79 Å². The summed E-state index contributed by atoms with van der Waals surface area (Å²) < 4.78 is 10.2. The lowest BCUT2D eigenvalue weighted by molar-refractivity contribution is 0.116. The van der Waals surface area contributed by atoms with Crippen molar-refractivity contribution in [3.05, 3.63) is 0 Å². The zero-order valence-electron chi connectivity index (χ0n) is 13.6. The average molecular weight is 287 g/mol. The maximum absolute atomic E-state index is 11.5. The minimum Gasteiger partial charge on any atom is -0.449 e. The van der Waals surface area contributed by atoms with Crippen LogP contribution in [0.3, 0.4) is 0 Å². The van der Waals surface area contributed by atoms with Crippen molar-refractivity contribution in [3.63, 3.8) is 0 Å². The number of ether oxygens (including phenoxy) is 2. The van der Waals surface area contributed by atoms with E-state index in [0.29, 0.717) is 25.7 Å². The number of hydrogen-bond acceptors (Lipinski definition) is 3. The van der Waals surface area contributed by atoms with Crippen molar-refractivity contribution in [2.24, 2.45) is 5.92 Å². The number of methoxy groups -OCH3 is 1. The second kappa shape index (κ2) is 14.6. The standard InChI is InChI=1S/C16H33NO3/c1-4-6-8-9-11-15(10-7-5-2)14-20-16(18)17-12-13-19-3/h15H,4-14H2,1-3H3,(H,17,18). The summed E-state index contributed by atoms with van der Waals surface area (Å²) in [6, 6.07) is 0. The molecule has 4 nitrogen and oxygen atoms in total. The van der Waals surface area contributed by atoms with Gasteiger partial charge in [0.15, 0.2) is 0 Å². The normalized spacial score (nSPS) is 12.2. The highest BCUT2D eigenvalue weighted by atomic mass is 16.5. The lowest BCUT2D eigenvalue weighted by atomic mass is 9.96. The Kier molecular flexibility index (Phi) is 14.1. The van der Waals surface area contributed by atoms with Crippen molar-refractivity contribution >= 4 is 6.09 Å². The molecule has 0 aromatic rings. The van der Waals surface area contributed by atoms with Gasteiger partial charge in [-0.2, -0.15) is 0 Å². The molecule has 0 aliphatic carbocycles. The van der Waals surface area contributed by atoms with Crippen molar-refractivity contribution < 1.29 is 14.3 Å². The summed E-state index contributed by atoms with van der Waals surface area (Å²) in [4.78, 5) is 11.5. The quantitative estimate of drug-likeness (QED) is 0.518. The van der Waals surface area contributed by atoms with Crippen LogP contribution in [-0.4, -0.2) is 33.0 Å². The third-order valence-electron chi connectivity index (χ3n) is 3.46. The second-order valence-electron chi connectivity index (χ2n) is 5.38. The van der Waals surface area contributed by atoms with Crippen LogP contribution in [0.25, 0.3) is 0 Å². The number of amides is 1. The van der Waals surface area contributed by atoms with E-state index in [1.165, 1.54) is 44.9 Å².